The van der Waals surface area contributed by atoms with E-state index in [0.717, 1.165) is 15.4 Å². The van der Waals surface area contributed by atoms with Crippen LogP contribution in [0.4, 0.5) is 0 Å². The highest BCUT2D eigenvalue weighted by Crippen LogP contribution is 2.27. The number of ketones is 1. The van der Waals surface area contributed by atoms with Crippen LogP contribution in [0.5, 0.6) is 0 Å². The molecule has 0 spiro atoms. The minimum Gasteiger partial charge on any atom is -0.453 e. The van der Waals surface area contributed by atoms with E-state index < -0.39 is 0 Å². The van der Waals surface area contributed by atoms with E-state index in [9.17, 15) is 4.79 Å². The molecular formula is C16H10BrClO2. The summed E-state index contributed by atoms with van der Waals surface area (Å²) in [5, 5.41) is 1.44. The van der Waals surface area contributed by atoms with E-state index in [4.69, 9.17) is 16.0 Å². The molecule has 0 amide bonds. The highest BCUT2D eigenvalue weighted by atomic mass is 79.9. The Balaban J connectivity index is 2.10. The Morgan fingerprint density at radius 2 is 1.95 bits per heavy atom. The van der Waals surface area contributed by atoms with Gasteiger partial charge < -0.3 is 4.42 Å². The topological polar surface area (TPSA) is 30.2 Å². The number of rotatable bonds is 2. The Morgan fingerprint density at radius 1 is 1.15 bits per heavy atom. The highest BCUT2D eigenvalue weighted by Gasteiger charge is 2.17. The Kier molecular flexibility index (Phi) is 3.40. The lowest BCUT2D eigenvalue weighted by molar-refractivity contribution is 0.101. The summed E-state index contributed by atoms with van der Waals surface area (Å²) in [7, 11) is 0. The van der Waals surface area contributed by atoms with Crippen LogP contribution in [0.1, 0.15) is 21.7 Å². The summed E-state index contributed by atoms with van der Waals surface area (Å²) in [6, 6.07) is 12.7. The summed E-state index contributed by atoms with van der Waals surface area (Å²) in [6.07, 6.45) is 0. The van der Waals surface area contributed by atoms with E-state index in [-0.39, 0.29) is 5.78 Å². The minimum absolute atomic E-state index is 0.145. The molecule has 3 rings (SSSR count). The van der Waals surface area contributed by atoms with Crippen LogP contribution in [0, 0.1) is 6.92 Å². The van der Waals surface area contributed by atoms with Crippen molar-refractivity contribution in [3.8, 4) is 0 Å². The summed E-state index contributed by atoms with van der Waals surface area (Å²) in [6.45, 7) is 1.95. The maximum absolute atomic E-state index is 12.5. The zero-order valence-corrected chi connectivity index (χ0v) is 13.0. The normalized spacial score (nSPS) is 10.9. The van der Waals surface area contributed by atoms with Crippen molar-refractivity contribution in [2.75, 3.05) is 0 Å². The number of hydrogen-bond acceptors (Lipinski definition) is 2. The molecule has 3 aromatic rings. The van der Waals surface area contributed by atoms with Crippen molar-refractivity contribution in [2.24, 2.45) is 0 Å². The van der Waals surface area contributed by atoms with Crippen LogP contribution in [0.25, 0.3) is 11.0 Å². The molecule has 0 radical (unpaired) electrons. The first-order valence-corrected chi connectivity index (χ1v) is 7.21. The second-order valence-electron chi connectivity index (χ2n) is 4.61. The molecule has 1 aromatic heterocycles. The fourth-order valence-electron chi connectivity index (χ4n) is 2.07. The molecule has 0 N–H and O–H groups in total. The molecule has 2 nitrogen and oxygen atoms in total. The molecule has 0 aliphatic carbocycles. The highest BCUT2D eigenvalue weighted by molar-refractivity contribution is 9.10. The van der Waals surface area contributed by atoms with Gasteiger partial charge in [0.25, 0.3) is 0 Å². The number of carbonyl (C=O) groups is 1. The third-order valence-electron chi connectivity index (χ3n) is 3.07. The molecule has 0 atom stereocenters. The van der Waals surface area contributed by atoms with Crippen molar-refractivity contribution in [3.05, 3.63) is 68.8 Å². The first-order chi connectivity index (χ1) is 9.54. The lowest BCUT2D eigenvalue weighted by Crippen LogP contribution is -2.01. The molecule has 0 bridgehead atoms. The Labute approximate surface area is 129 Å². The lowest BCUT2D eigenvalue weighted by atomic mass is 10.1. The molecule has 2 aromatic carbocycles. The zero-order chi connectivity index (χ0) is 14.3. The van der Waals surface area contributed by atoms with Gasteiger partial charge in [-0.2, -0.15) is 0 Å². The molecule has 0 saturated carbocycles. The van der Waals surface area contributed by atoms with Crippen LogP contribution < -0.4 is 0 Å². The second kappa shape index (κ2) is 5.08. The van der Waals surface area contributed by atoms with Gasteiger partial charge in [-0.3, -0.25) is 4.79 Å². The number of furan rings is 1. The zero-order valence-electron chi connectivity index (χ0n) is 10.6. The molecule has 0 aliphatic rings. The first-order valence-electron chi connectivity index (χ1n) is 6.04. The second-order valence-corrected chi connectivity index (χ2v) is 5.90. The Bertz CT molecular complexity index is 820. The average Bonchev–Trinajstić information content (AvgIpc) is 2.83. The van der Waals surface area contributed by atoms with Crippen molar-refractivity contribution in [1.82, 2.24) is 0 Å². The van der Waals surface area contributed by atoms with Gasteiger partial charge in [-0.05, 0) is 43.3 Å². The fraction of sp³-hybridized carbons (Fsp3) is 0.0625. The van der Waals surface area contributed by atoms with Crippen LogP contribution in [0.3, 0.4) is 0 Å². The summed E-state index contributed by atoms with van der Waals surface area (Å²) < 4.78 is 6.36. The van der Waals surface area contributed by atoms with E-state index in [2.05, 4.69) is 15.9 Å². The van der Waals surface area contributed by atoms with Crippen molar-refractivity contribution in [3.63, 3.8) is 0 Å². The number of fused-ring (bicyclic) bond motifs is 1. The van der Waals surface area contributed by atoms with Crippen molar-refractivity contribution < 1.29 is 9.21 Å². The predicted octanol–water partition coefficient (Wildman–Crippen LogP) is 5.39. The van der Waals surface area contributed by atoms with Crippen LogP contribution in [-0.4, -0.2) is 5.78 Å². The minimum atomic E-state index is -0.145. The Morgan fingerprint density at radius 3 is 2.75 bits per heavy atom. The molecule has 0 aliphatic heterocycles. The van der Waals surface area contributed by atoms with Gasteiger partial charge in [-0.1, -0.05) is 39.2 Å². The van der Waals surface area contributed by atoms with Crippen molar-refractivity contribution >= 4 is 44.3 Å². The van der Waals surface area contributed by atoms with E-state index >= 15 is 0 Å². The molecule has 4 heteroatoms. The molecule has 0 fully saturated rings. The summed E-state index contributed by atoms with van der Waals surface area (Å²) >= 11 is 9.34. The van der Waals surface area contributed by atoms with Gasteiger partial charge in [0.1, 0.15) is 5.58 Å². The fourth-order valence-corrected chi connectivity index (χ4v) is 2.68. The number of benzene rings is 2. The van der Waals surface area contributed by atoms with Crippen LogP contribution >= 0.6 is 27.5 Å². The molecular weight excluding hydrogens is 340 g/mol. The molecule has 0 saturated heterocycles. The van der Waals surface area contributed by atoms with Gasteiger partial charge in [0.15, 0.2) is 5.76 Å². The van der Waals surface area contributed by atoms with Gasteiger partial charge in [0.05, 0.1) is 0 Å². The van der Waals surface area contributed by atoms with E-state index in [0.29, 0.717) is 21.9 Å². The van der Waals surface area contributed by atoms with Crippen molar-refractivity contribution in [2.45, 2.75) is 6.92 Å². The van der Waals surface area contributed by atoms with Crippen LogP contribution in [0.15, 0.2) is 51.4 Å². The largest absolute Gasteiger partial charge is 0.453 e. The first kappa shape index (κ1) is 13.4. The Hall–Kier alpha value is -1.58. The SMILES string of the molecule is Cc1ccc(Br)c(C(=O)c2cc3cc(Cl)ccc3o2)c1. The van der Waals surface area contributed by atoms with Crippen molar-refractivity contribution in [1.29, 1.82) is 0 Å². The summed E-state index contributed by atoms with van der Waals surface area (Å²) in [5.41, 5.74) is 2.27. The third-order valence-corrected chi connectivity index (χ3v) is 4.00. The average molecular weight is 350 g/mol. The standard InChI is InChI=1S/C16H10BrClO2/c1-9-2-4-13(17)12(6-9)16(19)15-8-10-7-11(18)3-5-14(10)20-15/h2-8H,1H3. The molecule has 1 heterocycles. The maximum atomic E-state index is 12.5. The lowest BCUT2D eigenvalue weighted by Gasteiger charge is -2.02. The number of carbonyl (C=O) groups excluding carboxylic acids is 1. The monoisotopic (exact) mass is 348 g/mol. The third kappa shape index (κ3) is 2.39. The molecule has 0 unspecified atom stereocenters. The van der Waals surface area contributed by atoms with Gasteiger partial charge >= 0.3 is 0 Å². The van der Waals surface area contributed by atoms with E-state index in [1.807, 2.05) is 25.1 Å². The number of aryl methyl sites for hydroxylation is 1. The molecule has 20 heavy (non-hydrogen) atoms. The summed E-state index contributed by atoms with van der Waals surface area (Å²) in [5.74, 6) is 0.168. The van der Waals surface area contributed by atoms with Crippen LogP contribution in [-0.2, 0) is 0 Å². The number of hydrogen-bond donors (Lipinski definition) is 0. The van der Waals surface area contributed by atoms with E-state index in [1.54, 1.807) is 24.3 Å². The van der Waals surface area contributed by atoms with E-state index in [1.165, 1.54) is 0 Å². The summed E-state index contributed by atoms with van der Waals surface area (Å²) in [4.78, 5) is 12.5. The molecule has 100 valence electrons. The van der Waals surface area contributed by atoms with Gasteiger partial charge in [-0.25, -0.2) is 0 Å². The number of halogens is 2. The smallest absolute Gasteiger partial charge is 0.229 e. The van der Waals surface area contributed by atoms with Gasteiger partial charge in [0, 0.05) is 20.4 Å². The maximum Gasteiger partial charge on any atom is 0.229 e. The van der Waals surface area contributed by atoms with Gasteiger partial charge in [0.2, 0.25) is 5.78 Å². The van der Waals surface area contributed by atoms with Gasteiger partial charge in [-0.15, -0.1) is 0 Å². The predicted molar refractivity (Wildman–Crippen MR) is 83.5 cm³/mol. The van der Waals surface area contributed by atoms with Crippen LogP contribution in [0.2, 0.25) is 5.02 Å². The quantitative estimate of drug-likeness (QED) is 0.581.